The number of aliphatic hydroxyl groups is 1. The van der Waals surface area contributed by atoms with E-state index in [9.17, 15) is 5.11 Å². The van der Waals surface area contributed by atoms with Gasteiger partial charge < -0.3 is 14.6 Å². The van der Waals surface area contributed by atoms with Crippen LogP contribution in [0.2, 0.25) is 0 Å². The second-order valence-corrected chi connectivity index (χ2v) is 4.91. The molecule has 1 atom stereocenters. The molecule has 1 unspecified atom stereocenters. The molecule has 2 aromatic carbocycles. The molecular weight excluding hydrogens is 264 g/mol. The summed E-state index contributed by atoms with van der Waals surface area (Å²) in [4.78, 5) is 0. The molecule has 0 saturated carbocycles. The van der Waals surface area contributed by atoms with E-state index >= 15 is 0 Å². The molecular formula is C18H22O3. The highest BCUT2D eigenvalue weighted by atomic mass is 16.5. The minimum absolute atomic E-state index is 0.470. The molecule has 3 nitrogen and oxygen atoms in total. The largest absolute Gasteiger partial charge is 0.497 e. The summed E-state index contributed by atoms with van der Waals surface area (Å²) in [7, 11) is 1.66. The molecule has 0 aliphatic carbocycles. The average molecular weight is 286 g/mol. The molecule has 3 heteroatoms. The normalized spacial score (nSPS) is 12.0. The van der Waals surface area contributed by atoms with Crippen LogP contribution < -0.4 is 9.47 Å². The van der Waals surface area contributed by atoms with E-state index in [1.807, 2.05) is 55.5 Å². The summed E-state index contributed by atoms with van der Waals surface area (Å²) in [6.45, 7) is 2.54. The van der Waals surface area contributed by atoms with Crippen LogP contribution in [0.4, 0.5) is 0 Å². The number of rotatable bonds is 7. The van der Waals surface area contributed by atoms with E-state index in [4.69, 9.17) is 9.47 Å². The second kappa shape index (κ2) is 7.70. The van der Waals surface area contributed by atoms with Crippen LogP contribution in [0.3, 0.4) is 0 Å². The van der Waals surface area contributed by atoms with Gasteiger partial charge in [0.25, 0.3) is 0 Å². The molecule has 0 aromatic heterocycles. The summed E-state index contributed by atoms with van der Waals surface area (Å²) < 4.78 is 11.0. The Bertz CT molecular complexity index is 549. The Kier molecular flexibility index (Phi) is 5.64. The maximum Gasteiger partial charge on any atom is 0.125 e. The number of ether oxygens (including phenoxy) is 2. The summed E-state index contributed by atoms with van der Waals surface area (Å²) >= 11 is 0. The Labute approximate surface area is 126 Å². The monoisotopic (exact) mass is 286 g/mol. The van der Waals surface area contributed by atoms with Gasteiger partial charge in [-0.25, -0.2) is 0 Å². The van der Waals surface area contributed by atoms with E-state index in [0.29, 0.717) is 13.0 Å². The fraction of sp³-hybridized carbons (Fsp3) is 0.333. The van der Waals surface area contributed by atoms with Crippen molar-refractivity contribution in [1.82, 2.24) is 0 Å². The Morgan fingerprint density at radius 3 is 2.43 bits per heavy atom. The van der Waals surface area contributed by atoms with Crippen molar-refractivity contribution in [3.8, 4) is 11.5 Å². The fourth-order valence-electron chi connectivity index (χ4n) is 2.18. The zero-order valence-electron chi connectivity index (χ0n) is 12.6. The summed E-state index contributed by atoms with van der Waals surface area (Å²) in [5.41, 5.74) is 2.05. The van der Waals surface area contributed by atoms with E-state index in [1.54, 1.807) is 7.11 Å². The molecule has 0 bridgehead atoms. The van der Waals surface area contributed by atoms with Gasteiger partial charge in [-0.2, -0.15) is 0 Å². The Morgan fingerprint density at radius 1 is 1.05 bits per heavy atom. The quantitative estimate of drug-likeness (QED) is 0.842. The van der Waals surface area contributed by atoms with Gasteiger partial charge in [0.2, 0.25) is 0 Å². The molecule has 1 N–H and O–H groups in total. The van der Waals surface area contributed by atoms with Crippen molar-refractivity contribution in [2.45, 2.75) is 25.9 Å². The fourth-order valence-corrected chi connectivity index (χ4v) is 2.18. The predicted molar refractivity (Wildman–Crippen MR) is 83.9 cm³/mol. The van der Waals surface area contributed by atoms with E-state index in [2.05, 4.69) is 0 Å². The van der Waals surface area contributed by atoms with Crippen LogP contribution in [-0.4, -0.2) is 18.8 Å². The van der Waals surface area contributed by atoms with Crippen molar-refractivity contribution in [3.63, 3.8) is 0 Å². The van der Waals surface area contributed by atoms with Crippen molar-refractivity contribution in [2.75, 3.05) is 13.7 Å². The summed E-state index contributed by atoms with van der Waals surface area (Å²) in [6, 6.07) is 15.6. The first-order chi connectivity index (χ1) is 10.2. The van der Waals surface area contributed by atoms with Gasteiger partial charge in [0, 0.05) is 12.0 Å². The van der Waals surface area contributed by atoms with Gasteiger partial charge in [-0.15, -0.1) is 0 Å². The Balaban J connectivity index is 1.93. The first kappa shape index (κ1) is 15.4. The summed E-state index contributed by atoms with van der Waals surface area (Å²) in [6.07, 6.45) is 1.03. The van der Waals surface area contributed by atoms with Gasteiger partial charge in [-0.05, 0) is 30.2 Å². The number of hydrogen-bond acceptors (Lipinski definition) is 3. The van der Waals surface area contributed by atoms with Crippen LogP contribution in [0.5, 0.6) is 11.5 Å². The molecule has 2 aromatic rings. The number of aliphatic hydroxyl groups excluding tert-OH is 1. The Morgan fingerprint density at radius 2 is 1.76 bits per heavy atom. The molecule has 0 aliphatic rings. The van der Waals surface area contributed by atoms with Crippen LogP contribution in [0.1, 0.15) is 30.6 Å². The van der Waals surface area contributed by atoms with Crippen molar-refractivity contribution in [2.24, 2.45) is 0 Å². The predicted octanol–water partition coefficient (Wildman–Crippen LogP) is 3.76. The summed E-state index contributed by atoms with van der Waals surface area (Å²) in [5.74, 6) is 1.62. The molecule has 0 aliphatic heterocycles. The highest BCUT2D eigenvalue weighted by molar-refractivity contribution is 5.35. The molecule has 0 amide bonds. The number of hydrogen-bond donors (Lipinski definition) is 1. The third kappa shape index (κ3) is 4.23. The number of benzene rings is 2. The smallest absolute Gasteiger partial charge is 0.125 e. The first-order valence-corrected chi connectivity index (χ1v) is 7.27. The summed E-state index contributed by atoms with van der Waals surface area (Å²) in [5, 5.41) is 9.99. The average Bonchev–Trinajstić information content (AvgIpc) is 2.55. The van der Waals surface area contributed by atoms with Crippen molar-refractivity contribution >= 4 is 0 Å². The highest BCUT2D eigenvalue weighted by Gasteiger charge is 2.10. The maximum atomic E-state index is 9.99. The SMILES string of the molecule is CCC(O)c1ccccc1OCCc1ccc(OC)cc1. The van der Waals surface area contributed by atoms with Crippen LogP contribution in [0.25, 0.3) is 0 Å². The lowest BCUT2D eigenvalue weighted by atomic mass is 10.1. The van der Waals surface area contributed by atoms with Crippen LogP contribution in [0, 0.1) is 0 Å². The molecule has 112 valence electrons. The van der Waals surface area contributed by atoms with Gasteiger partial charge >= 0.3 is 0 Å². The van der Waals surface area contributed by atoms with E-state index in [0.717, 1.165) is 23.5 Å². The van der Waals surface area contributed by atoms with Crippen LogP contribution in [0.15, 0.2) is 48.5 Å². The molecule has 0 fully saturated rings. The lowest BCUT2D eigenvalue weighted by molar-refractivity contribution is 0.167. The van der Waals surface area contributed by atoms with E-state index in [-0.39, 0.29) is 0 Å². The molecule has 0 spiro atoms. The van der Waals surface area contributed by atoms with Crippen molar-refractivity contribution in [1.29, 1.82) is 0 Å². The zero-order chi connectivity index (χ0) is 15.1. The lowest BCUT2D eigenvalue weighted by Gasteiger charge is -2.15. The van der Waals surface area contributed by atoms with Crippen molar-refractivity contribution in [3.05, 3.63) is 59.7 Å². The molecule has 0 saturated heterocycles. The van der Waals surface area contributed by atoms with Gasteiger partial charge in [-0.1, -0.05) is 37.3 Å². The Hall–Kier alpha value is -2.00. The number of para-hydroxylation sites is 1. The van der Waals surface area contributed by atoms with Gasteiger partial charge in [0.15, 0.2) is 0 Å². The minimum Gasteiger partial charge on any atom is -0.497 e. The van der Waals surface area contributed by atoms with Gasteiger partial charge in [-0.3, -0.25) is 0 Å². The lowest BCUT2D eigenvalue weighted by Crippen LogP contribution is -2.05. The maximum absolute atomic E-state index is 9.99. The van der Waals surface area contributed by atoms with Crippen LogP contribution >= 0.6 is 0 Å². The first-order valence-electron chi connectivity index (χ1n) is 7.27. The van der Waals surface area contributed by atoms with Crippen LogP contribution in [-0.2, 0) is 6.42 Å². The zero-order valence-corrected chi connectivity index (χ0v) is 12.6. The third-order valence-corrected chi connectivity index (χ3v) is 3.47. The minimum atomic E-state index is -0.470. The second-order valence-electron chi connectivity index (χ2n) is 4.91. The van der Waals surface area contributed by atoms with Gasteiger partial charge in [0.1, 0.15) is 11.5 Å². The van der Waals surface area contributed by atoms with E-state index in [1.165, 1.54) is 5.56 Å². The van der Waals surface area contributed by atoms with Crippen molar-refractivity contribution < 1.29 is 14.6 Å². The standard InChI is InChI=1S/C18H22O3/c1-3-17(19)16-6-4-5-7-18(16)21-13-12-14-8-10-15(20-2)11-9-14/h4-11,17,19H,3,12-13H2,1-2H3. The topological polar surface area (TPSA) is 38.7 Å². The highest BCUT2D eigenvalue weighted by Crippen LogP contribution is 2.27. The van der Waals surface area contributed by atoms with Gasteiger partial charge in [0.05, 0.1) is 19.8 Å². The molecule has 21 heavy (non-hydrogen) atoms. The molecule has 0 heterocycles. The third-order valence-electron chi connectivity index (χ3n) is 3.47. The molecule has 2 rings (SSSR count). The molecule has 0 radical (unpaired) electrons. The van der Waals surface area contributed by atoms with E-state index < -0.39 is 6.10 Å². The number of methoxy groups -OCH3 is 1.